The van der Waals surface area contributed by atoms with E-state index in [0.717, 1.165) is 51.4 Å². The van der Waals surface area contributed by atoms with Crippen molar-refractivity contribution in [2.24, 2.45) is 0 Å². The summed E-state index contributed by atoms with van der Waals surface area (Å²) < 4.78 is 23.0. The van der Waals surface area contributed by atoms with Crippen LogP contribution in [-0.4, -0.2) is 68.5 Å². The van der Waals surface area contributed by atoms with Crippen LogP contribution in [0.5, 0.6) is 0 Å². The number of allylic oxidation sites excluding steroid dienone is 3. The number of amides is 1. The summed E-state index contributed by atoms with van der Waals surface area (Å²) in [6, 6.07) is -0.883. The van der Waals surface area contributed by atoms with Crippen molar-refractivity contribution in [3.8, 4) is 0 Å². The molecule has 0 aliphatic carbocycles. The lowest BCUT2D eigenvalue weighted by Crippen LogP contribution is -2.45. The van der Waals surface area contributed by atoms with Crippen LogP contribution in [0.1, 0.15) is 142 Å². The molecule has 1 amide bonds. The number of hydrogen-bond acceptors (Lipinski definition) is 6. The van der Waals surface area contributed by atoms with Crippen molar-refractivity contribution in [2.45, 2.75) is 154 Å². The Morgan fingerprint density at radius 1 is 0.773 bits per heavy atom. The van der Waals surface area contributed by atoms with E-state index in [1.807, 2.05) is 27.2 Å². The molecule has 0 saturated carbocycles. The topological polar surface area (TPSA) is 108 Å². The van der Waals surface area contributed by atoms with Crippen molar-refractivity contribution in [3.63, 3.8) is 0 Å². The standard InChI is InChI=1S/C35H69N2O6P/c1-6-8-10-12-14-16-17-18-19-21-23-25-27-29-35(39)36-33(32-43-44(40,41)42-31-30-37(3,4)5)34(38)28-26-24-22-20-15-13-11-9-7-2/h16-17,26,28,33-34,38H,6-15,18-25,27,29-32H2,1-5H3,(H-,36,39,40,41)/b17-16+,28-26+/t33-,34+/m0/s1. The summed E-state index contributed by atoms with van der Waals surface area (Å²) >= 11 is 0. The molecule has 0 heterocycles. The maximum absolute atomic E-state index is 12.7. The van der Waals surface area contributed by atoms with Gasteiger partial charge in [-0.3, -0.25) is 9.36 Å². The number of nitrogens with one attached hydrogen (secondary N) is 1. The molecule has 0 aliphatic rings. The molecule has 9 heteroatoms. The molecule has 0 aromatic carbocycles. The molecular formula is C35H69N2O6P. The van der Waals surface area contributed by atoms with Gasteiger partial charge in [0.2, 0.25) is 5.91 Å². The summed E-state index contributed by atoms with van der Waals surface area (Å²) in [4.78, 5) is 25.0. The predicted molar refractivity (Wildman–Crippen MR) is 182 cm³/mol. The van der Waals surface area contributed by atoms with Crippen LogP contribution < -0.4 is 10.2 Å². The van der Waals surface area contributed by atoms with Gasteiger partial charge in [-0.05, 0) is 44.9 Å². The van der Waals surface area contributed by atoms with Crippen molar-refractivity contribution < 1.29 is 32.9 Å². The largest absolute Gasteiger partial charge is 0.756 e. The fourth-order valence-electron chi connectivity index (χ4n) is 4.73. The number of aliphatic hydroxyl groups excluding tert-OH is 1. The molecule has 0 fully saturated rings. The van der Waals surface area contributed by atoms with Crippen molar-refractivity contribution >= 4 is 13.7 Å². The summed E-state index contributed by atoms with van der Waals surface area (Å²) in [6.45, 7) is 4.56. The summed E-state index contributed by atoms with van der Waals surface area (Å²) in [7, 11) is 1.25. The fourth-order valence-corrected chi connectivity index (χ4v) is 5.45. The average Bonchev–Trinajstić information content (AvgIpc) is 2.95. The number of quaternary nitrogens is 1. The highest BCUT2D eigenvalue weighted by Gasteiger charge is 2.23. The number of likely N-dealkylation sites (N-methyl/N-ethyl adjacent to an activating group) is 1. The van der Waals surface area contributed by atoms with Gasteiger partial charge in [-0.1, -0.05) is 115 Å². The van der Waals surface area contributed by atoms with E-state index in [2.05, 4.69) is 31.3 Å². The van der Waals surface area contributed by atoms with Gasteiger partial charge in [0.15, 0.2) is 0 Å². The van der Waals surface area contributed by atoms with E-state index in [9.17, 15) is 19.4 Å². The molecule has 0 bridgehead atoms. The van der Waals surface area contributed by atoms with E-state index in [0.29, 0.717) is 17.4 Å². The normalized spacial score (nSPS) is 15.2. The minimum Gasteiger partial charge on any atom is -0.756 e. The minimum atomic E-state index is -4.57. The van der Waals surface area contributed by atoms with Crippen LogP contribution in [-0.2, 0) is 18.4 Å². The van der Waals surface area contributed by atoms with Gasteiger partial charge in [0, 0.05) is 6.42 Å². The summed E-state index contributed by atoms with van der Waals surface area (Å²) in [5.74, 6) is -0.212. The SMILES string of the molecule is CCCCCC/C=C/CCCCCCCC(=O)N[C@@H](COP(=O)([O-])OCC[N+](C)(C)C)[C@H](O)/C=C/CCCCCCCCC. The Hall–Kier alpha value is -1.02. The molecule has 8 nitrogen and oxygen atoms in total. The van der Waals surface area contributed by atoms with Gasteiger partial charge in [-0.2, -0.15) is 0 Å². The molecule has 0 spiro atoms. The van der Waals surface area contributed by atoms with Crippen molar-refractivity contribution in [2.75, 3.05) is 40.9 Å². The lowest BCUT2D eigenvalue weighted by atomic mass is 10.1. The number of hydrogen-bond donors (Lipinski definition) is 2. The first kappa shape index (κ1) is 43.0. The Morgan fingerprint density at radius 2 is 1.25 bits per heavy atom. The van der Waals surface area contributed by atoms with Crippen LogP contribution in [0.4, 0.5) is 0 Å². The first-order chi connectivity index (χ1) is 21.0. The van der Waals surface area contributed by atoms with E-state index < -0.39 is 20.0 Å². The third-order valence-corrected chi connectivity index (χ3v) is 8.62. The smallest absolute Gasteiger partial charge is 0.268 e. The maximum atomic E-state index is 12.7. The van der Waals surface area contributed by atoms with Gasteiger partial charge < -0.3 is 28.8 Å². The molecule has 0 aromatic heterocycles. The fraction of sp³-hybridized carbons (Fsp3) is 0.857. The lowest BCUT2D eigenvalue weighted by molar-refractivity contribution is -0.870. The highest BCUT2D eigenvalue weighted by atomic mass is 31.2. The predicted octanol–water partition coefficient (Wildman–Crippen LogP) is 7.99. The Balaban J connectivity index is 4.58. The number of carbonyl (C=O) groups is 1. The third kappa shape index (κ3) is 29.7. The molecule has 2 N–H and O–H groups in total. The lowest BCUT2D eigenvalue weighted by Gasteiger charge is -2.29. The molecule has 3 atom stereocenters. The van der Waals surface area contributed by atoms with Crippen LogP contribution >= 0.6 is 7.82 Å². The van der Waals surface area contributed by atoms with Gasteiger partial charge in [-0.15, -0.1) is 0 Å². The molecule has 0 rings (SSSR count). The Labute approximate surface area is 271 Å². The van der Waals surface area contributed by atoms with E-state index in [4.69, 9.17) is 9.05 Å². The Bertz CT molecular complexity index is 784. The van der Waals surface area contributed by atoms with Gasteiger partial charge in [0.05, 0.1) is 39.9 Å². The molecule has 0 saturated heterocycles. The van der Waals surface area contributed by atoms with Crippen LogP contribution in [0.2, 0.25) is 0 Å². The zero-order valence-corrected chi connectivity index (χ0v) is 30.0. The quantitative estimate of drug-likeness (QED) is 0.0343. The van der Waals surface area contributed by atoms with E-state index in [1.54, 1.807) is 6.08 Å². The van der Waals surface area contributed by atoms with E-state index >= 15 is 0 Å². The zero-order chi connectivity index (χ0) is 32.9. The van der Waals surface area contributed by atoms with E-state index in [-0.39, 0.29) is 19.1 Å². The van der Waals surface area contributed by atoms with Crippen LogP contribution in [0, 0.1) is 0 Å². The molecule has 0 aromatic rings. The first-order valence-electron chi connectivity index (χ1n) is 17.7. The van der Waals surface area contributed by atoms with E-state index in [1.165, 1.54) is 70.6 Å². The van der Waals surface area contributed by atoms with Crippen molar-refractivity contribution in [3.05, 3.63) is 24.3 Å². The first-order valence-corrected chi connectivity index (χ1v) is 19.2. The van der Waals surface area contributed by atoms with Gasteiger partial charge >= 0.3 is 0 Å². The highest BCUT2D eigenvalue weighted by Crippen LogP contribution is 2.38. The number of nitrogens with zero attached hydrogens (tertiary/aromatic N) is 1. The minimum absolute atomic E-state index is 0.00244. The van der Waals surface area contributed by atoms with Crippen LogP contribution in [0.3, 0.4) is 0 Å². The average molecular weight is 645 g/mol. The number of unbranched alkanes of at least 4 members (excludes halogenated alkanes) is 16. The molecule has 260 valence electrons. The summed E-state index contributed by atoms with van der Waals surface area (Å²) in [5.41, 5.74) is 0. The molecule has 0 aliphatic heterocycles. The Morgan fingerprint density at radius 3 is 1.80 bits per heavy atom. The van der Waals surface area contributed by atoms with Gasteiger partial charge in [0.25, 0.3) is 7.82 Å². The molecule has 44 heavy (non-hydrogen) atoms. The van der Waals surface area contributed by atoms with Gasteiger partial charge in [0.1, 0.15) is 13.2 Å². The van der Waals surface area contributed by atoms with Crippen molar-refractivity contribution in [1.82, 2.24) is 5.32 Å². The number of aliphatic hydroxyl groups is 1. The molecule has 1 unspecified atom stereocenters. The second-order valence-electron chi connectivity index (χ2n) is 13.2. The van der Waals surface area contributed by atoms with Crippen LogP contribution in [0.15, 0.2) is 24.3 Å². The highest BCUT2D eigenvalue weighted by molar-refractivity contribution is 7.45. The maximum Gasteiger partial charge on any atom is 0.268 e. The summed E-state index contributed by atoms with van der Waals surface area (Å²) in [6.07, 6.45) is 29.3. The second kappa shape index (κ2) is 28.2. The van der Waals surface area contributed by atoms with Crippen LogP contribution in [0.25, 0.3) is 0 Å². The summed E-state index contributed by atoms with van der Waals surface area (Å²) in [5, 5.41) is 13.6. The number of phosphoric ester groups is 1. The number of phosphoric acid groups is 1. The number of rotatable bonds is 31. The van der Waals surface area contributed by atoms with Gasteiger partial charge in [-0.25, -0.2) is 0 Å². The molecule has 0 radical (unpaired) electrons. The number of carbonyl (C=O) groups excluding carboxylic acids is 1. The Kier molecular flexibility index (Phi) is 27.6. The third-order valence-electron chi connectivity index (χ3n) is 7.66. The zero-order valence-electron chi connectivity index (χ0n) is 29.1. The second-order valence-corrected chi connectivity index (χ2v) is 14.6. The molecular weight excluding hydrogens is 575 g/mol. The monoisotopic (exact) mass is 644 g/mol. The van der Waals surface area contributed by atoms with Crippen molar-refractivity contribution in [1.29, 1.82) is 0 Å².